The molecule has 0 amide bonds. The van der Waals surface area contributed by atoms with Crippen molar-refractivity contribution in [3.05, 3.63) is 34.9 Å². The monoisotopic (exact) mass is 380 g/mol. The maximum Gasteiger partial charge on any atom is 0.339 e. The summed E-state index contributed by atoms with van der Waals surface area (Å²) in [5, 5.41) is 0. The van der Waals surface area contributed by atoms with E-state index in [2.05, 4.69) is 6.92 Å². The molecule has 0 spiro atoms. The van der Waals surface area contributed by atoms with E-state index in [0.717, 1.165) is 19.3 Å². The smallest absolute Gasteiger partial charge is 0.339 e. The Morgan fingerprint density at radius 3 is 2.00 bits per heavy atom. The molecule has 0 radical (unpaired) electrons. The summed E-state index contributed by atoms with van der Waals surface area (Å²) in [7, 11) is 0. The molecule has 1 rings (SSSR count). The Bertz CT molecular complexity index is 586. The van der Waals surface area contributed by atoms with Gasteiger partial charge in [-0.15, -0.1) is 0 Å². The molecule has 0 heterocycles. The van der Waals surface area contributed by atoms with Crippen LogP contribution in [0.4, 0.5) is 4.39 Å². The second kappa shape index (κ2) is 13.3. The van der Waals surface area contributed by atoms with Crippen LogP contribution in [-0.2, 0) is 9.47 Å². The van der Waals surface area contributed by atoms with Gasteiger partial charge in [0.25, 0.3) is 0 Å². The fourth-order valence-corrected chi connectivity index (χ4v) is 2.97. The number of hydrogen-bond acceptors (Lipinski definition) is 4. The molecule has 0 aliphatic carbocycles. The van der Waals surface area contributed by atoms with E-state index in [1.807, 2.05) is 0 Å². The standard InChI is InChI=1S/C22H33FO4/c1-4-7-8-9-10-11-12-13-20(23)17-14-15-18(21(24)26-5-2)19(16-17)22(25)27-6-3/h14-16,20H,4-13H2,1-3H3. The van der Waals surface area contributed by atoms with Gasteiger partial charge >= 0.3 is 11.9 Å². The fraction of sp³-hybridized carbons (Fsp3) is 0.636. The van der Waals surface area contributed by atoms with Crippen LogP contribution in [0.5, 0.6) is 0 Å². The van der Waals surface area contributed by atoms with Crippen LogP contribution in [0.3, 0.4) is 0 Å². The van der Waals surface area contributed by atoms with Gasteiger partial charge in [0.15, 0.2) is 0 Å². The number of unbranched alkanes of at least 4 members (excludes halogenated alkanes) is 6. The minimum atomic E-state index is -1.16. The number of alkyl halides is 1. The molecule has 0 aromatic heterocycles. The summed E-state index contributed by atoms with van der Waals surface area (Å²) in [4.78, 5) is 24.2. The minimum Gasteiger partial charge on any atom is -0.462 e. The van der Waals surface area contributed by atoms with Gasteiger partial charge in [-0.05, 0) is 38.0 Å². The Kier molecular flexibility index (Phi) is 11.4. The van der Waals surface area contributed by atoms with E-state index < -0.39 is 18.1 Å². The number of esters is 2. The second-order valence-electron chi connectivity index (χ2n) is 6.62. The summed E-state index contributed by atoms with van der Waals surface area (Å²) >= 11 is 0. The van der Waals surface area contributed by atoms with Crippen LogP contribution in [0.15, 0.2) is 18.2 Å². The summed E-state index contributed by atoms with van der Waals surface area (Å²) in [6.45, 7) is 5.95. The Morgan fingerprint density at radius 1 is 0.852 bits per heavy atom. The molecule has 0 aliphatic heterocycles. The Hall–Kier alpha value is -1.91. The van der Waals surface area contributed by atoms with E-state index in [1.165, 1.54) is 37.8 Å². The number of benzene rings is 1. The highest BCUT2D eigenvalue weighted by atomic mass is 19.1. The lowest BCUT2D eigenvalue weighted by Gasteiger charge is -2.13. The van der Waals surface area contributed by atoms with Gasteiger partial charge in [-0.25, -0.2) is 14.0 Å². The van der Waals surface area contributed by atoms with Gasteiger partial charge < -0.3 is 9.47 Å². The maximum atomic E-state index is 14.6. The minimum absolute atomic E-state index is 0.0648. The quantitative estimate of drug-likeness (QED) is 0.302. The Balaban J connectivity index is 2.72. The van der Waals surface area contributed by atoms with E-state index in [0.29, 0.717) is 12.0 Å². The fourth-order valence-electron chi connectivity index (χ4n) is 2.97. The van der Waals surface area contributed by atoms with Crippen molar-refractivity contribution in [2.45, 2.75) is 78.3 Å². The lowest BCUT2D eigenvalue weighted by atomic mass is 9.98. The first-order valence-electron chi connectivity index (χ1n) is 10.2. The summed E-state index contributed by atoms with van der Waals surface area (Å²) in [6, 6.07) is 4.44. The van der Waals surface area contributed by atoms with Crippen molar-refractivity contribution in [3.63, 3.8) is 0 Å². The third-order valence-electron chi connectivity index (χ3n) is 4.46. The average Bonchev–Trinajstić information content (AvgIpc) is 2.67. The highest BCUT2D eigenvalue weighted by Gasteiger charge is 2.22. The predicted octanol–water partition coefficient (Wildman–Crippen LogP) is 6.19. The Morgan fingerprint density at radius 2 is 1.41 bits per heavy atom. The Labute approximate surface area is 162 Å². The molecule has 0 bridgehead atoms. The first kappa shape index (κ1) is 23.1. The number of rotatable bonds is 13. The van der Waals surface area contributed by atoms with Crippen molar-refractivity contribution >= 4 is 11.9 Å². The molecular formula is C22H33FO4. The molecule has 1 aromatic carbocycles. The molecule has 1 atom stereocenters. The van der Waals surface area contributed by atoms with Crippen molar-refractivity contribution in [1.29, 1.82) is 0 Å². The molecule has 152 valence electrons. The molecule has 1 aromatic rings. The molecule has 5 heteroatoms. The normalized spacial score (nSPS) is 11.9. The van der Waals surface area contributed by atoms with Crippen LogP contribution < -0.4 is 0 Å². The van der Waals surface area contributed by atoms with Crippen LogP contribution in [-0.4, -0.2) is 25.2 Å². The van der Waals surface area contributed by atoms with E-state index in [-0.39, 0.29) is 24.3 Å². The molecule has 27 heavy (non-hydrogen) atoms. The third kappa shape index (κ3) is 8.10. The van der Waals surface area contributed by atoms with E-state index in [9.17, 15) is 14.0 Å². The molecule has 0 saturated carbocycles. The number of carbonyl (C=O) groups is 2. The molecule has 0 N–H and O–H groups in total. The number of halogens is 1. The van der Waals surface area contributed by atoms with Crippen molar-refractivity contribution in [1.82, 2.24) is 0 Å². The zero-order valence-electron chi connectivity index (χ0n) is 16.9. The first-order chi connectivity index (χ1) is 13.0. The average molecular weight is 381 g/mol. The van der Waals surface area contributed by atoms with Crippen LogP contribution in [0, 0.1) is 0 Å². The zero-order valence-corrected chi connectivity index (χ0v) is 16.9. The van der Waals surface area contributed by atoms with Crippen molar-refractivity contribution in [2.75, 3.05) is 13.2 Å². The highest BCUT2D eigenvalue weighted by molar-refractivity contribution is 6.03. The molecule has 0 fully saturated rings. The van der Waals surface area contributed by atoms with Crippen molar-refractivity contribution < 1.29 is 23.5 Å². The van der Waals surface area contributed by atoms with E-state index in [1.54, 1.807) is 19.9 Å². The van der Waals surface area contributed by atoms with Crippen LogP contribution in [0.25, 0.3) is 0 Å². The van der Waals surface area contributed by atoms with Crippen LogP contribution >= 0.6 is 0 Å². The SMILES string of the molecule is CCCCCCCCCC(F)c1ccc(C(=O)OCC)c(C(=O)OCC)c1. The van der Waals surface area contributed by atoms with E-state index >= 15 is 0 Å². The number of carbonyl (C=O) groups excluding carboxylic acids is 2. The second-order valence-corrected chi connectivity index (χ2v) is 6.62. The summed E-state index contributed by atoms with van der Waals surface area (Å²) in [5.41, 5.74) is 0.578. The van der Waals surface area contributed by atoms with Crippen LogP contribution in [0.2, 0.25) is 0 Å². The van der Waals surface area contributed by atoms with Gasteiger partial charge in [0.2, 0.25) is 0 Å². The summed E-state index contributed by atoms with van der Waals surface area (Å²) in [5.74, 6) is -1.24. The zero-order chi connectivity index (χ0) is 20.1. The lowest BCUT2D eigenvalue weighted by Crippen LogP contribution is -2.15. The first-order valence-corrected chi connectivity index (χ1v) is 10.2. The van der Waals surface area contributed by atoms with Gasteiger partial charge in [-0.2, -0.15) is 0 Å². The third-order valence-corrected chi connectivity index (χ3v) is 4.46. The summed E-state index contributed by atoms with van der Waals surface area (Å²) < 4.78 is 24.6. The summed E-state index contributed by atoms with van der Waals surface area (Å²) in [6.07, 6.45) is 7.12. The molecule has 1 unspecified atom stereocenters. The molecule has 0 aliphatic rings. The van der Waals surface area contributed by atoms with Gasteiger partial charge in [0.05, 0.1) is 24.3 Å². The largest absolute Gasteiger partial charge is 0.462 e. The highest BCUT2D eigenvalue weighted by Crippen LogP contribution is 2.27. The van der Waals surface area contributed by atoms with E-state index in [4.69, 9.17) is 9.47 Å². The number of ether oxygens (including phenoxy) is 2. The molecule has 0 saturated heterocycles. The number of hydrogen-bond donors (Lipinski definition) is 0. The topological polar surface area (TPSA) is 52.6 Å². The van der Waals surface area contributed by atoms with Crippen molar-refractivity contribution in [3.8, 4) is 0 Å². The maximum absolute atomic E-state index is 14.6. The van der Waals surface area contributed by atoms with Gasteiger partial charge in [0.1, 0.15) is 6.17 Å². The molecule has 4 nitrogen and oxygen atoms in total. The van der Waals surface area contributed by atoms with Gasteiger partial charge in [0, 0.05) is 0 Å². The van der Waals surface area contributed by atoms with Crippen molar-refractivity contribution in [2.24, 2.45) is 0 Å². The van der Waals surface area contributed by atoms with Gasteiger partial charge in [-0.1, -0.05) is 57.9 Å². The lowest BCUT2D eigenvalue weighted by molar-refractivity contribution is 0.0478. The van der Waals surface area contributed by atoms with Crippen LogP contribution in [0.1, 0.15) is 105 Å². The molecular weight excluding hydrogens is 347 g/mol. The predicted molar refractivity (Wildman–Crippen MR) is 105 cm³/mol. The van der Waals surface area contributed by atoms with Gasteiger partial charge in [-0.3, -0.25) is 0 Å².